The maximum Gasteiger partial charge on any atom is 0.339 e. The van der Waals surface area contributed by atoms with Crippen LogP contribution in [0, 0.1) is 6.92 Å². The largest absolute Gasteiger partial charge is 1.00 e. The fraction of sp³-hybridized carbons (Fsp3) is 0.391. The van der Waals surface area contributed by atoms with Gasteiger partial charge >= 0.3 is 5.97 Å². The number of hydrogen-bond donors (Lipinski definition) is 1. The third-order valence-corrected chi connectivity index (χ3v) is 5.55. The summed E-state index contributed by atoms with van der Waals surface area (Å²) in [6, 6.07) is 15.7. The lowest BCUT2D eigenvalue weighted by atomic mass is 10.0. The van der Waals surface area contributed by atoms with Crippen molar-refractivity contribution in [2.45, 2.75) is 32.7 Å². The van der Waals surface area contributed by atoms with Crippen LogP contribution in [0.4, 0.5) is 5.69 Å². The Balaban J connectivity index is 0.00000300. The molecule has 0 aromatic heterocycles. The zero-order valence-electron chi connectivity index (χ0n) is 17.1. The van der Waals surface area contributed by atoms with Crippen molar-refractivity contribution in [2.75, 3.05) is 32.1 Å². The number of piperidine rings is 1. The highest BCUT2D eigenvalue weighted by Gasteiger charge is 2.33. The highest BCUT2D eigenvalue weighted by molar-refractivity contribution is 6.02. The average Bonchev–Trinajstić information content (AvgIpc) is 2.70. The van der Waals surface area contributed by atoms with Gasteiger partial charge in [-0.1, -0.05) is 42.5 Å². The summed E-state index contributed by atoms with van der Waals surface area (Å²) in [4.78, 5) is 25.1. The Bertz CT molecular complexity index is 833. The zero-order chi connectivity index (χ0) is 20.0. The van der Waals surface area contributed by atoms with Crippen molar-refractivity contribution in [2.24, 2.45) is 0 Å². The number of ether oxygens (including phenoxy) is 1. The fourth-order valence-electron chi connectivity index (χ4n) is 4.12. The Morgan fingerprint density at radius 2 is 1.69 bits per heavy atom. The highest BCUT2D eigenvalue weighted by Crippen LogP contribution is 2.25. The van der Waals surface area contributed by atoms with Gasteiger partial charge in [0.15, 0.2) is 6.54 Å². The van der Waals surface area contributed by atoms with Crippen molar-refractivity contribution in [1.29, 1.82) is 0 Å². The van der Waals surface area contributed by atoms with Crippen molar-refractivity contribution in [3.8, 4) is 0 Å². The molecule has 29 heavy (non-hydrogen) atoms. The smallest absolute Gasteiger partial charge is 0.339 e. The molecule has 1 heterocycles. The van der Waals surface area contributed by atoms with Crippen LogP contribution >= 0.6 is 0 Å². The summed E-state index contributed by atoms with van der Waals surface area (Å²) in [5.74, 6) is -0.498. The first-order valence-corrected chi connectivity index (χ1v) is 9.90. The summed E-state index contributed by atoms with van der Waals surface area (Å²) in [6.07, 6.45) is 3.50. The van der Waals surface area contributed by atoms with Crippen LogP contribution in [-0.2, 0) is 16.1 Å². The van der Waals surface area contributed by atoms with E-state index in [1.165, 1.54) is 19.1 Å². The molecule has 0 unspecified atom stereocenters. The van der Waals surface area contributed by atoms with Gasteiger partial charge in [-0.05, 0) is 37.8 Å². The number of para-hydroxylation sites is 1. The molecule has 0 bridgehead atoms. The SMILES string of the molecule is COC(=O)c1cccc(C)c1NC(=O)C[N+]1(Cc2ccccc2)CCCCC1.[Br-]. The molecule has 1 aliphatic heterocycles. The van der Waals surface area contributed by atoms with Crippen LogP contribution < -0.4 is 22.3 Å². The summed E-state index contributed by atoms with van der Waals surface area (Å²) >= 11 is 0. The number of carbonyl (C=O) groups excluding carboxylic acids is 2. The van der Waals surface area contributed by atoms with Crippen LogP contribution in [0.15, 0.2) is 48.5 Å². The second kappa shape index (κ2) is 10.6. The first-order valence-electron chi connectivity index (χ1n) is 9.90. The molecule has 2 aromatic rings. The van der Waals surface area contributed by atoms with Gasteiger partial charge in [0, 0.05) is 5.56 Å². The summed E-state index contributed by atoms with van der Waals surface area (Å²) in [7, 11) is 1.35. The van der Waals surface area contributed by atoms with Crippen LogP contribution in [0.1, 0.15) is 40.7 Å². The van der Waals surface area contributed by atoms with Gasteiger partial charge in [0.2, 0.25) is 0 Å². The number of esters is 1. The summed E-state index contributed by atoms with van der Waals surface area (Å²) in [6.45, 7) is 5.15. The van der Waals surface area contributed by atoms with Crippen LogP contribution in [0.5, 0.6) is 0 Å². The van der Waals surface area contributed by atoms with Gasteiger partial charge in [-0.15, -0.1) is 0 Å². The van der Waals surface area contributed by atoms with Gasteiger partial charge in [0.1, 0.15) is 6.54 Å². The van der Waals surface area contributed by atoms with E-state index < -0.39 is 5.97 Å². The first kappa shape index (κ1) is 23.1. The van der Waals surface area contributed by atoms with E-state index >= 15 is 0 Å². The van der Waals surface area contributed by atoms with E-state index in [-0.39, 0.29) is 22.9 Å². The Labute approximate surface area is 183 Å². The quantitative estimate of drug-likeness (QED) is 0.515. The minimum absolute atomic E-state index is 0. The van der Waals surface area contributed by atoms with Gasteiger partial charge in [-0.25, -0.2) is 4.79 Å². The van der Waals surface area contributed by atoms with Gasteiger partial charge in [0.25, 0.3) is 5.91 Å². The van der Waals surface area contributed by atoms with Crippen molar-refractivity contribution >= 4 is 17.6 Å². The number of quaternary nitrogens is 1. The number of halogens is 1. The van der Waals surface area contributed by atoms with Gasteiger partial charge < -0.3 is 31.5 Å². The second-order valence-corrected chi connectivity index (χ2v) is 7.69. The molecule has 6 heteroatoms. The summed E-state index contributed by atoms with van der Waals surface area (Å²) in [5, 5.41) is 3.00. The molecule has 0 radical (unpaired) electrons. The number of benzene rings is 2. The Hall–Kier alpha value is -2.18. The molecular formula is C23H29BrN2O3. The van der Waals surface area contributed by atoms with E-state index in [9.17, 15) is 9.59 Å². The lowest BCUT2D eigenvalue weighted by molar-refractivity contribution is -0.937. The predicted molar refractivity (Wildman–Crippen MR) is 110 cm³/mol. The zero-order valence-corrected chi connectivity index (χ0v) is 18.7. The molecule has 0 spiro atoms. The summed E-state index contributed by atoms with van der Waals surface area (Å²) < 4.78 is 5.63. The molecule has 1 fully saturated rings. The van der Waals surface area contributed by atoms with E-state index in [2.05, 4.69) is 17.4 Å². The number of likely N-dealkylation sites (tertiary alicyclic amines) is 1. The Morgan fingerprint density at radius 1 is 1.00 bits per heavy atom. The van der Waals surface area contributed by atoms with E-state index in [0.29, 0.717) is 17.8 Å². The molecule has 2 aromatic carbocycles. The van der Waals surface area contributed by atoms with Crippen molar-refractivity contribution in [3.63, 3.8) is 0 Å². The van der Waals surface area contributed by atoms with Crippen LogP contribution in [-0.4, -0.2) is 43.1 Å². The summed E-state index contributed by atoms with van der Waals surface area (Å²) in [5.41, 5.74) is 3.05. The lowest BCUT2D eigenvalue weighted by Gasteiger charge is -2.41. The lowest BCUT2D eigenvalue weighted by Crippen LogP contribution is -3.00. The molecule has 3 rings (SSSR count). The molecule has 5 nitrogen and oxygen atoms in total. The average molecular weight is 461 g/mol. The van der Waals surface area contributed by atoms with E-state index in [0.717, 1.165) is 42.5 Å². The molecule has 156 valence electrons. The number of nitrogens with one attached hydrogen (secondary N) is 1. The minimum Gasteiger partial charge on any atom is -1.00 e. The van der Waals surface area contributed by atoms with E-state index in [1.54, 1.807) is 12.1 Å². The molecule has 0 aliphatic carbocycles. The van der Waals surface area contributed by atoms with Crippen LogP contribution in [0.3, 0.4) is 0 Å². The number of methoxy groups -OCH3 is 1. The van der Waals surface area contributed by atoms with Crippen LogP contribution in [0.2, 0.25) is 0 Å². The molecule has 1 amide bonds. The number of anilines is 1. The van der Waals surface area contributed by atoms with Crippen molar-refractivity contribution in [1.82, 2.24) is 0 Å². The molecule has 1 N–H and O–H groups in total. The molecule has 0 atom stereocenters. The maximum absolute atomic E-state index is 13.0. The molecule has 0 saturated carbocycles. The monoisotopic (exact) mass is 460 g/mol. The third-order valence-electron chi connectivity index (χ3n) is 5.55. The molecule has 1 saturated heterocycles. The van der Waals surface area contributed by atoms with E-state index in [1.807, 2.05) is 31.2 Å². The number of aryl methyl sites for hydroxylation is 1. The minimum atomic E-state index is -0.440. The number of hydrogen-bond acceptors (Lipinski definition) is 3. The predicted octanol–water partition coefficient (Wildman–Crippen LogP) is 0.925. The van der Waals surface area contributed by atoms with Gasteiger partial charge in [0.05, 0.1) is 31.5 Å². The van der Waals surface area contributed by atoms with Crippen molar-refractivity contribution in [3.05, 3.63) is 65.2 Å². The fourth-order valence-corrected chi connectivity index (χ4v) is 4.12. The number of nitrogens with zero attached hydrogens (tertiary/aromatic N) is 1. The topological polar surface area (TPSA) is 55.4 Å². The third kappa shape index (κ3) is 5.90. The first-order chi connectivity index (χ1) is 13.5. The maximum atomic E-state index is 13.0. The molecule has 1 aliphatic rings. The normalized spacial score (nSPS) is 15.1. The molecular weight excluding hydrogens is 432 g/mol. The van der Waals surface area contributed by atoms with Crippen LogP contribution in [0.25, 0.3) is 0 Å². The van der Waals surface area contributed by atoms with Gasteiger partial charge in [-0.2, -0.15) is 0 Å². The van der Waals surface area contributed by atoms with Gasteiger partial charge in [-0.3, -0.25) is 4.79 Å². The Kier molecular flexibility index (Phi) is 8.41. The number of rotatable bonds is 6. The Morgan fingerprint density at radius 3 is 2.34 bits per heavy atom. The highest BCUT2D eigenvalue weighted by atomic mass is 79.9. The number of amides is 1. The standard InChI is InChI=1S/C23H28N2O3.BrH/c1-18-10-9-13-20(23(27)28-2)22(18)24-21(26)17-25(14-7-4-8-15-25)16-19-11-5-3-6-12-19;/h3,5-6,9-13H,4,7-8,14-17H2,1-2H3;1H. The van der Waals surface area contributed by atoms with Crippen molar-refractivity contribution < 1.29 is 35.8 Å². The number of carbonyl (C=O) groups is 2. The second-order valence-electron chi connectivity index (χ2n) is 7.69. The van der Waals surface area contributed by atoms with E-state index in [4.69, 9.17) is 4.74 Å².